The monoisotopic (exact) mass is 205 g/mol. The van der Waals surface area contributed by atoms with Crippen molar-refractivity contribution in [3.8, 4) is 0 Å². The van der Waals surface area contributed by atoms with Crippen LogP contribution >= 0.6 is 23.2 Å². The Labute approximate surface area is 81.2 Å². The van der Waals surface area contributed by atoms with E-state index >= 15 is 0 Å². The van der Waals surface area contributed by atoms with Crippen molar-refractivity contribution < 1.29 is 4.42 Å². The molecule has 0 fully saturated rings. The SMILES string of the molecule is C=C(Cl)CNCc1ccc(Cl)o1. The van der Waals surface area contributed by atoms with Gasteiger partial charge in [-0.2, -0.15) is 0 Å². The zero-order chi connectivity index (χ0) is 8.97. The van der Waals surface area contributed by atoms with Crippen molar-refractivity contribution in [1.82, 2.24) is 5.32 Å². The quantitative estimate of drug-likeness (QED) is 0.819. The summed E-state index contributed by atoms with van der Waals surface area (Å²) in [5.41, 5.74) is 0. The highest BCUT2D eigenvalue weighted by Crippen LogP contribution is 2.12. The fourth-order valence-electron chi connectivity index (χ4n) is 0.768. The Morgan fingerprint density at radius 2 is 2.33 bits per heavy atom. The van der Waals surface area contributed by atoms with Crippen LogP contribution in [-0.2, 0) is 6.54 Å². The molecular weight excluding hydrogens is 197 g/mol. The predicted octanol–water partition coefficient (Wildman–Crippen LogP) is 2.78. The van der Waals surface area contributed by atoms with E-state index in [9.17, 15) is 0 Å². The van der Waals surface area contributed by atoms with Crippen molar-refractivity contribution in [3.63, 3.8) is 0 Å². The largest absolute Gasteiger partial charge is 0.448 e. The summed E-state index contributed by atoms with van der Waals surface area (Å²) in [6.45, 7) is 4.72. The van der Waals surface area contributed by atoms with Gasteiger partial charge in [-0.05, 0) is 23.7 Å². The van der Waals surface area contributed by atoms with Crippen LogP contribution in [0.2, 0.25) is 5.22 Å². The highest BCUT2D eigenvalue weighted by atomic mass is 35.5. The fourth-order valence-corrected chi connectivity index (χ4v) is 1.02. The van der Waals surface area contributed by atoms with Gasteiger partial charge in [-0.25, -0.2) is 0 Å². The van der Waals surface area contributed by atoms with Gasteiger partial charge in [0.25, 0.3) is 0 Å². The second-order valence-electron chi connectivity index (χ2n) is 2.33. The van der Waals surface area contributed by atoms with Crippen LogP contribution in [0.5, 0.6) is 0 Å². The molecule has 12 heavy (non-hydrogen) atoms. The van der Waals surface area contributed by atoms with Gasteiger partial charge in [0, 0.05) is 11.6 Å². The molecule has 1 aromatic rings. The van der Waals surface area contributed by atoms with Crippen molar-refractivity contribution in [2.75, 3.05) is 6.54 Å². The molecule has 1 N–H and O–H groups in total. The molecule has 0 aliphatic carbocycles. The van der Waals surface area contributed by atoms with Gasteiger partial charge in [-0.15, -0.1) is 0 Å². The second-order valence-corrected chi connectivity index (χ2v) is 3.23. The molecule has 0 aliphatic rings. The molecule has 0 radical (unpaired) electrons. The summed E-state index contributed by atoms with van der Waals surface area (Å²) >= 11 is 11.1. The first-order valence-corrected chi connectivity index (χ1v) is 4.22. The van der Waals surface area contributed by atoms with Gasteiger partial charge in [0.15, 0.2) is 5.22 Å². The van der Waals surface area contributed by atoms with Crippen molar-refractivity contribution in [2.24, 2.45) is 0 Å². The summed E-state index contributed by atoms with van der Waals surface area (Å²) in [6, 6.07) is 3.51. The molecule has 0 aromatic carbocycles. The van der Waals surface area contributed by atoms with E-state index in [0.717, 1.165) is 5.76 Å². The third-order valence-electron chi connectivity index (χ3n) is 1.24. The summed E-state index contributed by atoms with van der Waals surface area (Å²) in [7, 11) is 0. The summed E-state index contributed by atoms with van der Waals surface area (Å²) in [5, 5.41) is 4.01. The average molecular weight is 206 g/mol. The molecular formula is C8H9Cl2NO. The number of nitrogens with one attached hydrogen (secondary N) is 1. The smallest absolute Gasteiger partial charge is 0.193 e. The molecule has 1 aromatic heterocycles. The van der Waals surface area contributed by atoms with E-state index in [1.54, 1.807) is 6.07 Å². The van der Waals surface area contributed by atoms with Crippen LogP contribution in [0, 0.1) is 0 Å². The van der Waals surface area contributed by atoms with Crippen LogP contribution in [-0.4, -0.2) is 6.54 Å². The maximum absolute atomic E-state index is 5.56. The minimum absolute atomic E-state index is 0.400. The third kappa shape index (κ3) is 3.30. The van der Waals surface area contributed by atoms with Gasteiger partial charge in [0.05, 0.1) is 6.54 Å². The molecule has 0 bridgehead atoms. The molecule has 0 saturated carbocycles. The van der Waals surface area contributed by atoms with E-state index in [1.807, 2.05) is 6.07 Å². The lowest BCUT2D eigenvalue weighted by atomic mass is 10.4. The van der Waals surface area contributed by atoms with Gasteiger partial charge >= 0.3 is 0 Å². The molecule has 1 rings (SSSR count). The normalized spacial score (nSPS) is 10.2. The zero-order valence-corrected chi connectivity index (χ0v) is 7.95. The van der Waals surface area contributed by atoms with Crippen LogP contribution in [0.15, 0.2) is 28.2 Å². The van der Waals surface area contributed by atoms with Gasteiger partial charge in [0.2, 0.25) is 0 Å². The summed E-state index contributed by atoms with van der Waals surface area (Å²) in [6.07, 6.45) is 0. The minimum Gasteiger partial charge on any atom is -0.448 e. The molecule has 0 spiro atoms. The lowest BCUT2D eigenvalue weighted by molar-refractivity contribution is 0.492. The van der Waals surface area contributed by atoms with Crippen LogP contribution in [0.25, 0.3) is 0 Å². The van der Waals surface area contributed by atoms with E-state index in [1.165, 1.54) is 0 Å². The summed E-state index contributed by atoms with van der Waals surface area (Å²) in [4.78, 5) is 0. The van der Waals surface area contributed by atoms with Crippen molar-refractivity contribution >= 4 is 23.2 Å². The van der Waals surface area contributed by atoms with Crippen LogP contribution in [0.1, 0.15) is 5.76 Å². The van der Waals surface area contributed by atoms with E-state index in [0.29, 0.717) is 23.3 Å². The molecule has 0 atom stereocenters. The molecule has 0 unspecified atom stereocenters. The average Bonchev–Trinajstić information content (AvgIpc) is 2.35. The fraction of sp³-hybridized carbons (Fsp3) is 0.250. The van der Waals surface area contributed by atoms with Crippen LogP contribution in [0.3, 0.4) is 0 Å². The number of halogens is 2. The standard InChI is InChI=1S/C8H9Cl2NO/c1-6(9)4-11-5-7-2-3-8(10)12-7/h2-3,11H,1,4-5H2. The van der Waals surface area contributed by atoms with Crippen molar-refractivity contribution in [3.05, 3.63) is 34.7 Å². The molecule has 0 amide bonds. The first kappa shape index (κ1) is 9.65. The highest BCUT2D eigenvalue weighted by molar-refractivity contribution is 6.29. The molecule has 0 saturated heterocycles. The van der Waals surface area contributed by atoms with Gasteiger partial charge < -0.3 is 9.73 Å². The van der Waals surface area contributed by atoms with E-state index in [4.69, 9.17) is 27.6 Å². The molecule has 4 heteroatoms. The Morgan fingerprint density at radius 1 is 1.58 bits per heavy atom. The second kappa shape index (κ2) is 4.55. The Hall–Kier alpha value is -0.440. The van der Waals surface area contributed by atoms with E-state index < -0.39 is 0 Å². The van der Waals surface area contributed by atoms with E-state index in [-0.39, 0.29) is 0 Å². The lowest BCUT2D eigenvalue weighted by Crippen LogP contribution is -2.13. The molecule has 2 nitrogen and oxygen atoms in total. The molecule has 0 aliphatic heterocycles. The summed E-state index contributed by atoms with van der Waals surface area (Å²) in [5.74, 6) is 0.790. The van der Waals surface area contributed by atoms with E-state index in [2.05, 4.69) is 11.9 Å². The maximum atomic E-state index is 5.56. The van der Waals surface area contributed by atoms with Crippen molar-refractivity contribution in [1.29, 1.82) is 0 Å². The number of hydrogen-bond acceptors (Lipinski definition) is 2. The topological polar surface area (TPSA) is 25.2 Å². The highest BCUT2D eigenvalue weighted by Gasteiger charge is 1.98. The van der Waals surface area contributed by atoms with Crippen molar-refractivity contribution in [2.45, 2.75) is 6.54 Å². The number of hydrogen-bond donors (Lipinski definition) is 1. The Balaban J connectivity index is 2.29. The Bertz CT molecular complexity index is 270. The predicted molar refractivity (Wildman–Crippen MR) is 50.4 cm³/mol. The zero-order valence-electron chi connectivity index (χ0n) is 6.44. The maximum Gasteiger partial charge on any atom is 0.193 e. The Kier molecular flexibility index (Phi) is 3.66. The van der Waals surface area contributed by atoms with Gasteiger partial charge in [-0.1, -0.05) is 18.2 Å². The van der Waals surface area contributed by atoms with Gasteiger partial charge in [0.1, 0.15) is 5.76 Å². The minimum atomic E-state index is 0.400. The lowest BCUT2D eigenvalue weighted by Gasteiger charge is -1.98. The van der Waals surface area contributed by atoms with Gasteiger partial charge in [-0.3, -0.25) is 0 Å². The Morgan fingerprint density at radius 3 is 2.83 bits per heavy atom. The molecule has 66 valence electrons. The first-order chi connectivity index (χ1) is 5.68. The van der Waals surface area contributed by atoms with Crippen LogP contribution in [0.4, 0.5) is 0 Å². The summed E-state index contributed by atoms with van der Waals surface area (Å²) < 4.78 is 5.10. The van der Waals surface area contributed by atoms with Crippen LogP contribution < -0.4 is 5.32 Å². The third-order valence-corrected chi connectivity index (χ3v) is 1.58. The number of rotatable bonds is 4. The molecule has 1 heterocycles. The number of furan rings is 1. The first-order valence-electron chi connectivity index (χ1n) is 3.46.